The second-order valence-electron chi connectivity index (χ2n) is 2.84. The van der Waals surface area contributed by atoms with Crippen molar-refractivity contribution in [2.24, 2.45) is 16.8 Å². The van der Waals surface area contributed by atoms with Crippen molar-refractivity contribution in [3.63, 3.8) is 0 Å². The lowest BCUT2D eigenvalue weighted by Gasteiger charge is -1.97. The molecule has 0 heterocycles. The van der Waals surface area contributed by atoms with Gasteiger partial charge in [0.15, 0.2) is 0 Å². The Morgan fingerprint density at radius 2 is 2.33 bits per heavy atom. The van der Waals surface area contributed by atoms with Crippen LogP contribution in [-0.2, 0) is 4.79 Å². The first kappa shape index (κ1) is 6.50. The number of carbonyl (C=O) groups excluding carboxylic acids is 1. The Balaban J connectivity index is 2.35. The molecule has 1 aliphatic carbocycles. The predicted octanol–water partition coefficient (Wildman–Crippen LogP) is 1.37. The molecule has 0 aromatic heterocycles. The van der Waals surface area contributed by atoms with E-state index in [9.17, 15) is 4.79 Å². The third-order valence-corrected chi connectivity index (χ3v) is 2.05. The zero-order valence-electron chi connectivity index (χ0n) is 5.79. The minimum Gasteiger partial charge on any atom is -0.211 e. The normalized spacial score (nSPS) is 34.9. The zero-order valence-corrected chi connectivity index (χ0v) is 5.79. The Hall–Kier alpha value is -0.620. The summed E-state index contributed by atoms with van der Waals surface area (Å²) in [4.78, 5) is 13.4. The number of nitrogens with zero attached hydrogens (tertiary/aromatic N) is 1. The first-order chi connectivity index (χ1) is 4.25. The largest absolute Gasteiger partial charge is 0.235 e. The van der Waals surface area contributed by atoms with Crippen molar-refractivity contribution in [1.82, 2.24) is 0 Å². The number of aliphatic imine (C=N–C) groups is 1. The van der Waals surface area contributed by atoms with Crippen molar-refractivity contribution in [2.45, 2.75) is 26.3 Å². The van der Waals surface area contributed by atoms with Crippen LogP contribution in [0, 0.1) is 11.8 Å². The molecule has 1 aliphatic rings. The van der Waals surface area contributed by atoms with Crippen LogP contribution in [0.25, 0.3) is 0 Å². The van der Waals surface area contributed by atoms with E-state index >= 15 is 0 Å². The van der Waals surface area contributed by atoms with Crippen molar-refractivity contribution in [3.05, 3.63) is 0 Å². The molecule has 0 bridgehead atoms. The highest BCUT2D eigenvalue weighted by atomic mass is 16.1. The monoisotopic (exact) mass is 125 g/mol. The van der Waals surface area contributed by atoms with Gasteiger partial charge in [0.25, 0.3) is 0 Å². The van der Waals surface area contributed by atoms with Gasteiger partial charge in [-0.25, -0.2) is 9.79 Å². The van der Waals surface area contributed by atoms with Gasteiger partial charge in [-0.1, -0.05) is 6.92 Å². The molecule has 0 aromatic carbocycles. The highest BCUT2D eigenvalue weighted by molar-refractivity contribution is 5.33. The molecular weight excluding hydrogens is 114 g/mol. The number of hydrogen-bond acceptors (Lipinski definition) is 2. The quantitative estimate of drug-likeness (QED) is 0.405. The van der Waals surface area contributed by atoms with Gasteiger partial charge in [-0.15, -0.1) is 0 Å². The van der Waals surface area contributed by atoms with Gasteiger partial charge in [0.1, 0.15) is 0 Å². The molecule has 1 saturated carbocycles. The fourth-order valence-corrected chi connectivity index (χ4v) is 1.20. The maximum atomic E-state index is 9.76. The predicted molar refractivity (Wildman–Crippen MR) is 34.9 cm³/mol. The van der Waals surface area contributed by atoms with E-state index in [0.717, 1.165) is 5.92 Å². The van der Waals surface area contributed by atoms with Crippen molar-refractivity contribution in [1.29, 1.82) is 0 Å². The van der Waals surface area contributed by atoms with E-state index in [4.69, 9.17) is 0 Å². The van der Waals surface area contributed by atoms with Gasteiger partial charge in [0, 0.05) is 0 Å². The summed E-state index contributed by atoms with van der Waals surface area (Å²) in [5.74, 6) is 1.43. The third kappa shape index (κ3) is 1.39. The van der Waals surface area contributed by atoms with Crippen LogP contribution >= 0.6 is 0 Å². The van der Waals surface area contributed by atoms with Crippen LogP contribution in [0.15, 0.2) is 4.99 Å². The first-order valence-electron chi connectivity index (χ1n) is 3.32. The lowest BCUT2D eigenvalue weighted by Crippen LogP contribution is -2.00. The number of rotatable bonds is 2. The maximum Gasteiger partial charge on any atom is 0.235 e. The second-order valence-corrected chi connectivity index (χ2v) is 2.84. The molecule has 0 N–H and O–H groups in total. The fraction of sp³-hybridized carbons (Fsp3) is 0.857. The van der Waals surface area contributed by atoms with Gasteiger partial charge in [-0.3, -0.25) is 0 Å². The standard InChI is InChI=1S/C7H11NO/c1-5-3-7(5)6(2)8-4-9/h5-7H,3H2,1-2H3. The van der Waals surface area contributed by atoms with Gasteiger partial charge in [-0.2, -0.15) is 0 Å². The smallest absolute Gasteiger partial charge is 0.211 e. The van der Waals surface area contributed by atoms with E-state index in [1.807, 2.05) is 6.92 Å². The first-order valence-corrected chi connectivity index (χ1v) is 3.32. The molecular formula is C7H11NO. The molecule has 9 heavy (non-hydrogen) atoms. The topological polar surface area (TPSA) is 29.4 Å². The van der Waals surface area contributed by atoms with Gasteiger partial charge < -0.3 is 0 Å². The SMILES string of the molecule is CC1CC1C(C)N=C=O. The van der Waals surface area contributed by atoms with Crippen molar-refractivity contribution in [2.75, 3.05) is 0 Å². The zero-order chi connectivity index (χ0) is 6.85. The summed E-state index contributed by atoms with van der Waals surface area (Å²) < 4.78 is 0. The highest BCUT2D eigenvalue weighted by Gasteiger charge is 2.37. The van der Waals surface area contributed by atoms with E-state index in [-0.39, 0.29) is 6.04 Å². The number of hydrogen-bond donors (Lipinski definition) is 0. The lowest BCUT2D eigenvalue weighted by molar-refractivity contribution is 0.547. The average molecular weight is 125 g/mol. The Bertz CT molecular complexity index is 149. The molecule has 2 heteroatoms. The van der Waals surface area contributed by atoms with E-state index in [0.29, 0.717) is 5.92 Å². The fourth-order valence-electron chi connectivity index (χ4n) is 1.20. The molecule has 0 aliphatic heterocycles. The lowest BCUT2D eigenvalue weighted by atomic mass is 10.2. The molecule has 0 aromatic rings. The summed E-state index contributed by atoms with van der Waals surface area (Å²) >= 11 is 0. The summed E-state index contributed by atoms with van der Waals surface area (Å²) in [5, 5.41) is 0. The number of isocyanates is 1. The van der Waals surface area contributed by atoms with Crippen LogP contribution in [0.5, 0.6) is 0 Å². The summed E-state index contributed by atoms with van der Waals surface area (Å²) in [5.41, 5.74) is 0. The maximum absolute atomic E-state index is 9.76. The van der Waals surface area contributed by atoms with Gasteiger partial charge in [0.2, 0.25) is 6.08 Å². The highest BCUT2D eigenvalue weighted by Crippen LogP contribution is 2.41. The minimum absolute atomic E-state index is 0.206. The van der Waals surface area contributed by atoms with Crippen LogP contribution < -0.4 is 0 Å². The van der Waals surface area contributed by atoms with Gasteiger partial charge in [-0.05, 0) is 25.2 Å². The second kappa shape index (κ2) is 2.32. The van der Waals surface area contributed by atoms with Crippen LogP contribution in [0.4, 0.5) is 0 Å². The van der Waals surface area contributed by atoms with E-state index in [1.165, 1.54) is 6.42 Å². The molecule has 1 rings (SSSR count). The molecule has 3 unspecified atom stereocenters. The van der Waals surface area contributed by atoms with E-state index < -0.39 is 0 Å². The minimum atomic E-state index is 0.206. The van der Waals surface area contributed by atoms with E-state index in [1.54, 1.807) is 6.08 Å². The molecule has 1 fully saturated rings. The third-order valence-electron chi connectivity index (χ3n) is 2.05. The molecule has 0 saturated heterocycles. The van der Waals surface area contributed by atoms with Crippen LogP contribution in [0.3, 0.4) is 0 Å². The summed E-state index contributed by atoms with van der Waals surface area (Å²) in [6, 6.07) is 0.206. The molecule has 2 nitrogen and oxygen atoms in total. The van der Waals surface area contributed by atoms with Crippen LogP contribution in [-0.4, -0.2) is 12.1 Å². The van der Waals surface area contributed by atoms with Gasteiger partial charge in [0.05, 0.1) is 6.04 Å². The van der Waals surface area contributed by atoms with Crippen LogP contribution in [0.2, 0.25) is 0 Å². The Morgan fingerprint density at radius 3 is 2.67 bits per heavy atom. The van der Waals surface area contributed by atoms with Crippen molar-refractivity contribution < 1.29 is 4.79 Å². The summed E-state index contributed by atoms with van der Waals surface area (Å²) in [6.45, 7) is 4.15. The van der Waals surface area contributed by atoms with Crippen molar-refractivity contribution >= 4 is 6.08 Å². The molecule has 3 atom stereocenters. The van der Waals surface area contributed by atoms with Crippen LogP contribution in [0.1, 0.15) is 20.3 Å². The summed E-state index contributed by atoms with van der Waals surface area (Å²) in [7, 11) is 0. The molecule has 0 amide bonds. The Kier molecular flexibility index (Phi) is 1.68. The Labute approximate surface area is 55.0 Å². The molecule has 0 radical (unpaired) electrons. The van der Waals surface area contributed by atoms with E-state index in [2.05, 4.69) is 11.9 Å². The Morgan fingerprint density at radius 1 is 1.78 bits per heavy atom. The van der Waals surface area contributed by atoms with Crippen molar-refractivity contribution in [3.8, 4) is 0 Å². The molecule has 50 valence electrons. The molecule has 0 spiro atoms. The van der Waals surface area contributed by atoms with Gasteiger partial charge >= 0.3 is 0 Å². The summed E-state index contributed by atoms with van der Waals surface area (Å²) in [6.07, 6.45) is 2.81. The average Bonchev–Trinajstić information content (AvgIpc) is 2.47.